The lowest BCUT2D eigenvalue weighted by atomic mass is 9.86. The Morgan fingerprint density at radius 3 is 2.63 bits per heavy atom. The minimum Gasteiger partial charge on any atom is -0.349 e. The highest BCUT2D eigenvalue weighted by molar-refractivity contribution is 7.85. The standard InChI is InChI=1S/C28H27ClN2O3S/c1-18-7-2-4-11-23(18)30-27(32)20-13-14-26-24(16-20)31(17-19-8-6-9-21(29)15-19)28(33)22-10-3-5-12-25(22)35(26)34/h3,5-6,8-10,12-16,18,23H,2,4,7,11,17H2,1H3,(H,30,32). The van der Waals surface area contributed by atoms with Gasteiger partial charge in [-0.15, -0.1) is 0 Å². The molecule has 0 aromatic heterocycles. The predicted molar refractivity (Wildman–Crippen MR) is 138 cm³/mol. The fraction of sp³-hybridized carbons (Fsp3) is 0.286. The van der Waals surface area contributed by atoms with Gasteiger partial charge in [0.15, 0.2) is 0 Å². The first-order valence-corrected chi connectivity index (χ1v) is 13.5. The zero-order valence-electron chi connectivity index (χ0n) is 19.5. The van der Waals surface area contributed by atoms with Gasteiger partial charge in [0, 0.05) is 16.6 Å². The highest BCUT2D eigenvalue weighted by atomic mass is 35.5. The molecule has 0 bridgehead atoms. The quantitative estimate of drug-likeness (QED) is 0.473. The number of fused-ring (bicyclic) bond motifs is 2. The summed E-state index contributed by atoms with van der Waals surface area (Å²) in [4.78, 5) is 29.5. The van der Waals surface area contributed by atoms with Crippen LogP contribution in [0.15, 0.2) is 76.5 Å². The van der Waals surface area contributed by atoms with Crippen LogP contribution in [0.4, 0.5) is 5.69 Å². The first kappa shape index (κ1) is 23.8. The van der Waals surface area contributed by atoms with Gasteiger partial charge < -0.3 is 10.2 Å². The number of anilines is 1. The van der Waals surface area contributed by atoms with Gasteiger partial charge in [-0.25, -0.2) is 4.21 Å². The van der Waals surface area contributed by atoms with Crippen LogP contribution in [0, 0.1) is 5.92 Å². The van der Waals surface area contributed by atoms with Crippen molar-refractivity contribution in [1.29, 1.82) is 0 Å². The van der Waals surface area contributed by atoms with E-state index in [0.29, 0.717) is 37.5 Å². The predicted octanol–water partition coefficient (Wildman–Crippen LogP) is 5.98. The second kappa shape index (κ2) is 9.96. The Morgan fingerprint density at radius 1 is 1.03 bits per heavy atom. The SMILES string of the molecule is CC1CCCCC1NC(=O)c1ccc2c(c1)N(Cc1cccc(Cl)c1)C(=O)c1ccccc1S2=O. The van der Waals surface area contributed by atoms with Crippen LogP contribution in [0.1, 0.15) is 58.9 Å². The van der Waals surface area contributed by atoms with Crippen molar-refractivity contribution in [1.82, 2.24) is 5.32 Å². The third-order valence-corrected chi connectivity index (χ3v) is 8.67. The van der Waals surface area contributed by atoms with Gasteiger partial charge >= 0.3 is 0 Å². The Balaban J connectivity index is 1.56. The average molecular weight is 507 g/mol. The molecule has 1 aliphatic heterocycles. The summed E-state index contributed by atoms with van der Waals surface area (Å²) in [5.41, 5.74) is 2.17. The fourth-order valence-electron chi connectivity index (χ4n) is 4.96. The fourth-order valence-corrected chi connectivity index (χ4v) is 6.52. The highest BCUT2D eigenvalue weighted by Crippen LogP contribution is 2.36. The molecule has 5 nitrogen and oxygen atoms in total. The molecular formula is C28H27ClN2O3S. The van der Waals surface area contributed by atoms with E-state index in [2.05, 4.69) is 12.2 Å². The van der Waals surface area contributed by atoms with E-state index in [1.54, 1.807) is 53.4 Å². The van der Waals surface area contributed by atoms with E-state index in [4.69, 9.17) is 11.6 Å². The summed E-state index contributed by atoms with van der Waals surface area (Å²) in [5.74, 6) is -0.00294. The number of carbonyl (C=O) groups is 2. The van der Waals surface area contributed by atoms with Gasteiger partial charge in [0.2, 0.25) is 0 Å². The van der Waals surface area contributed by atoms with E-state index in [-0.39, 0.29) is 24.4 Å². The third kappa shape index (κ3) is 4.78. The van der Waals surface area contributed by atoms with Gasteiger partial charge in [-0.1, -0.05) is 55.6 Å². The molecule has 0 saturated heterocycles. The number of nitrogens with zero attached hydrogens (tertiary/aromatic N) is 1. The molecule has 2 aliphatic rings. The first-order valence-electron chi connectivity index (χ1n) is 11.9. The van der Waals surface area contributed by atoms with Crippen molar-refractivity contribution in [2.75, 3.05) is 4.90 Å². The molecule has 3 unspecified atom stereocenters. The van der Waals surface area contributed by atoms with Crippen molar-refractivity contribution in [2.45, 2.75) is 55.0 Å². The van der Waals surface area contributed by atoms with Crippen molar-refractivity contribution in [3.05, 3.63) is 88.4 Å². The average Bonchev–Trinajstić information content (AvgIpc) is 2.95. The molecule has 1 heterocycles. The Bertz CT molecular complexity index is 1330. The summed E-state index contributed by atoms with van der Waals surface area (Å²) in [5, 5.41) is 3.76. The zero-order valence-corrected chi connectivity index (χ0v) is 21.1. The molecule has 7 heteroatoms. The minimum atomic E-state index is -1.56. The van der Waals surface area contributed by atoms with Crippen molar-refractivity contribution < 1.29 is 13.8 Å². The maximum absolute atomic E-state index is 13.7. The number of hydrogen-bond donors (Lipinski definition) is 1. The Kier molecular flexibility index (Phi) is 6.76. The normalized spacial score (nSPS) is 21.6. The molecule has 2 amide bonds. The van der Waals surface area contributed by atoms with E-state index >= 15 is 0 Å². The molecule has 1 fully saturated rings. The van der Waals surface area contributed by atoms with E-state index in [0.717, 1.165) is 24.8 Å². The van der Waals surface area contributed by atoms with Gasteiger partial charge in [0.05, 0.1) is 38.4 Å². The van der Waals surface area contributed by atoms with E-state index in [9.17, 15) is 13.8 Å². The van der Waals surface area contributed by atoms with Crippen molar-refractivity contribution in [3.8, 4) is 0 Å². The number of nitrogens with one attached hydrogen (secondary N) is 1. The van der Waals surface area contributed by atoms with Gasteiger partial charge in [-0.05, 0) is 66.8 Å². The molecule has 35 heavy (non-hydrogen) atoms. The Hall–Kier alpha value is -2.96. The number of benzene rings is 3. The second-order valence-corrected chi connectivity index (χ2v) is 11.2. The summed E-state index contributed by atoms with van der Waals surface area (Å²) >= 11 is 6.20. The molecule has 1 N–H and O–H groups in total. The number of rotatable bonds is 4. The maximum Gasteiger partial charge on any atom is 0.259 e. The summed E-state index contributed by atoms with van der Waals surface area (Å²) in [6.45, 7) is 2.41. The number of halogens is 1. The highest BCUT2D eigenvalue weighted by Gasteiger charge is 2.32. The van der Waals surface area contributed by atoms with Gasteiger partial charge in [0.1, 0.15) is 0 Å². The van der Waals surface area contributed by atoms with Crippen LogP contribution in [-0.4, -0.2) is 22.1 Å². The second-order valence-electron chi connectivity index (χ2n) is 9.31. The van der Waals surface area contributed by atoms with Crippen LogP contribution in [0.2, 0.25) is 5.02 Å². The van der Waals surface area contributed by atoms with Gasteiger partial charge in [0.25, 0.3) is 11.8 Å². The van der Waals surface area contributed by atoms with E-state index in [1.807, 2.05) is 18.2 Å². The monoisotopic (exact) mass is 506 g/mol. The number of hydrogen-bond acceptors (Lipinski definition) is 3. The molecule has 0 radical (unpaired) electrons. The zero-order chi connectivity index (χ0) is 24.5. The summed E-state index contributed by atoms with van der Waals surface area (Å²) in [6.07, 6.45) is 4.38. The lowest BCUT2D eigenvalue weighted by molar-refractivity contribution is 0.0908. The third-order valence-electron chi connectivity index (χ3n) is 6.93. The minimum absolute atomic E-state index is 0.137. The topological polar surface area (TPSA) is 66.5 Å². The van der Waals surface area contributed by atoms with Crippen molar-refractivity contribution in [2.24, 2.45) is 5.92 Å². The largest absolute Gasteiger partial charge is 0.349 e. The Morgan fingerprint density at radius 2 is 1.83 bits per heavy atom. The summed E-state index contributed by atoms with van der Waals surface area (Å²) in [7, 11) is -1.56. The van der Waals surface area contributed by atoms with Crippen LogP contribution < -0.4 is 10.2 Å². The van der Waals surface area contributed by atoms with E-state index < -0.39 is 10.8 Å². The molecule has 0 spiro atoms. The lowest BCUT2D eigenvalue weighted by Crippen LogP contribution is -2.41. The number of carbonyl (C=O) groups excluding carboxylic acids is 2. The van der Waals surface area contributed by atoms with Gasteiger partial charge in [-0.3, -0.25) is 9.59 Å². The molecule has 1 saturated carbocycles. The lowest BCUT2D eigenvalue weighted by Gasteiger charge is -2.29. The smallest absolute Gasteiger partial charge is 0.259 e. The molecule has 3 atom stereocenters. The Labute approximate surface area is 212 Å². The molecule has 5 rings (SSSR count). The van der Waals surface area contributed by atoms with Crippen LogP contribution in [0.25, 0.3) is 0 Å². The molecular weight excluding hydrogens is 480 g/mol. The van der Waals surface area contributed by atoms with Crippen molar-refractivity contribution >= 4 is 39.9 Å². The van der Waals surface area contributed by atoms with Crippen LogP contribution in [0.3, 0.4) is 0 Å². The maximum atomic E-state index is 13.7. The molecule has 3 aromatic rings. The first-order chi connectivity index (χ1) is 16.9. The van der Waals surface area contributed by atoms with Crippen LogP contribution >= 0.6 is 11.6 Å². The van der Waals surface area contributed by atoms with Gasteiger partial charge in [-0.2, -0.15) is 0 Å². The van der Waals surface area contributed by atoms with Crippen molar-refractivity contribution in [3.63, 3.8) is 0 Å². The summed E-state index contributed by atoms with van der Waals surface area (Å²) < 4.78 is 13.6. The molecule has 180 valence electrons. The summed E-state index contributed by atoms with van der Waals surface area (Å²) in [6, 6.07) is 19.5. The van der Waals surface area contributed by atoms with E-state index in [1.165, 1.54) is 6.42 Å². The van der Waals surface area contributed by atoms with Crippen LogP contribution in [0.5, 0.6) is 0 Å². The molecule has 3 aromatic carbocycles. The van der Waals surface area contributed by atoms with Crippen LogP contribution in [-0.2, 0) is 17.3 Å². The number of amides is 2. The molecule has 1 aliphatic carbocycles.